The maximum Gasteiger partial charge on any atom is 0.337 e. The van der Waals surface area contributed by atoms with Gasteiger partial charge in [0.2, 0.25) is 0 Å². The van der Waals surface area contributed by atoms with Crippen LogP contribution in [0.5, 0.6) is 5.75 Å². The lowest BCUT2D eigenvalue weighted by atomic mass is 9.89. The lowest BCUT2D eigenvalue weighted by Gasteiger charge is -2.28. The smallest absolute Gasteiger partial charge is 0.337 e. The Bertz CT molecular complexity index is 1130. The van der Waals surface area contributed by atoms with E-state index in [0.29, 0.717) is 12.2 Å². The number of carbonyl (C=O) groups is 1. The minimum atomic E-state index is -0.961. The first kappa shape index (κ1) is 21.8. The summed E-state index contributed by atoms with van der Waals surface area (Å²) in [6.45, 7) is 7.64. The minimum Gasteiger partial charge on any atom is -0.491 e. The molecule has 32 heavy (non-hydrogen) atoms. The van der Waals surface area contributed by atoms with Gasteiger partial charge in [0.15, 0.2) is 0 Å². The van der Waals surface area contributed by atoms with Gasteiger partial charge in [0.25, 0.3) is 0 Å². The first-order chi connectivity index (χ1) is 15.4. The van der Waals surface area contributed by atoms with Gasteiger partial charge < -0.3 is 20.5 Å². The summed E-state index contributed by atoms with van der Waals surface area (Å²) in [5.41, 5.74) is 6.92. The molecule has 6 nitrogen and oxygen atoms in total. The summed E-state index contributed by atoms with van der Waals surface area (Å²) >= 11 is 0. The van der Waals surface area contributed by atoms with Crippen molar-refractivity contribution in [3.05, 3.63) is 77.1 Å². The van der Waals surface area contributed by atoms with Crippen LogP contribution in [0.25, 0.3) is 11.1 Å². The van der Waals surface area contributed by atoms with Crippen molar-refractivity contribution in [3.63, 3.8) is 0 Å². The number of aromatic nitrogens is 1. The summed E-state index contributed by atoms with van der Waals surface area (Å²) in [5.74, 6) is -0.0672. The molecule has 1 aliphatic rings. The molecule has 2 heterocycles. The van der Waals surface area contributed by atoms with Crippen LogP contribution in [-0.4, -0.2) is 35.3 Å². The average Bonchev–Trinajstić information content (AvgIpc) is 2.77. The van der Waals surface area contributed by atoms with Crippen LogP contribution < -0.4 is 15.4 Å². The third kappa shape index (κ3) is 4.75. The number of fused-ring (bicyclic) bond motifs is 1. The number of hydrogen-bond donors (Lipinski definition) is 3. The van der Waals surface area contributed by atoms with E-state index >= 15 is 0 Å². The van der Waals surface area contributed by atoms with Gasteiger partial charge in [-0.3, -0.25) is 4.98 Å². The number of pyridine rings is 1. The van der Waals surface area contributed by atoms with Crippen LogP contribution in [0.4, 0.5) is 5.69 Å². The maximum absolute atomic E-state index is 11.5. The molecule has 0 bridgehead atoms. The number of anilines is 1. The number of rotatable bonds is 7. The highest BCUT2D eigenvalue weighted by Crippen LogP contribution is 2.32. The molecule has 0 radical (unpaired) electrons. The third-order valence-electron chi connectivity index (χ3n) is 5.73. The summed E-state index contributed by atoms with van der Waals surface area (Å²) in [4.78, 5) is 15.5. The maximum atomic E-state index is 11.5. The highest BCUT2D eigenvalue weighted by Gasteiger charge is 2.21. The fourth-order valence-electron chi connectivity index (χ4n) is 4.24. The van der Waals surface area contributed by atoms with Gasteiger partial charge in [-0.1, -0.05) is 24.3 Å². The van der Waals surface area contributed by atoms with Gasteiger partial charge in [-0.2, -0.15) is 0 Å². The van der Waals surface area contributed by atoms with E-state index < -0.39 is 5.97 Å². The largest absolute Gasteiger partial charge is 0.491 e. The first-order valence-electron chi connectivity index (χ1n) is 11.0. The number of ether oxygens (including phenoxy) is 1. The molecule has 4 rings (SSSR count). The molecule has 1 aliphatic heterocycles. The summed E-state index contributed by atoms with van der Waals surface area (Å²) in [6.07, 6.45) is 4.17. The summed E-state index contributed by atoms with van der Waals surface area (Å²) in [6, 6.07) is 14.5. The van der Waals surface area contributed by atoms with Crippen molar-refractivity contribution >= 4 is 11.7 Å². The van der Waals surface area contributed by atoms with Crippen LogP contribution in [0, 0.1) is 6.92 Å². The number of aromatic carboxylic acids is 1. The zero-order chi connectivity index (χ0) is 22.7. The van der Waals surface area contributed by atoms with Crippen molar-refractivity contribution in [2.75, 3.05) is 18.4 Å². The zero-order valence-electron chi connectivity index (χ0n) is 18.7. The Hall–Kier alpha value is -3.38. The van der Waals surface area contributed by atoms with Crippen molar-refractivity contribution in [2.45, 2.75) is 39.3 Å². The predicted molar refractivity (Wildman–Crippen MR) is 127 cm³/mol. The SMILES string of the molecule is Cc1cc(OC(C)C)ccc1-c1ccc2c(c1)CCN[C@H]2CNc1cnccc1C(=O)O. The van der Waals surface area contributed by atoms with Gasteiger partial charge in [-0.05, 0) is 79.8 Å². The molecule has 0 aliphatic carbocycles. The molecule has 0 fully saturated rings. The fourth-order valence-corrected chi connectivity index (χ4v) is 4.24. The predicted octanol–water partition coefficient (Wildman–Crippen LogP) is 4.84. The molecule has 0 amide bonds. The second-order valence-electron chi connectivity index (χ2n) is 8.42. The van der Waals surface area contributed by atoms with E-state index in [-0.39, 0.29) is 17.7 Å². The third-order valence-corrected chi connectivity index (χ3v) is 5.73. The van der Waals surface area contributed by atoms with Crippen LogP contribution in [0.15, 0.2) is 54.9 Å². The van der Waals surface area contributed by atoms with Gasteiger partial charge in [0.05, 0.1) is 23.6 Å². The fraction of sp³-hybridized carbons (Fsp3) is 0.308. The molecule has 166 valence electrons. The average molecular weight is 432 g/mol. The number of carboxylic acids is 1. The van der Waals surface area contributed by atoms with Gasteiger partial charge in [-0.15, -0.1) is 0 Å². The van der Waals surface area contributed by atoms with Crippen LogP contribution in [-0.2, 0) is 6.42 Å². The highest BCUT2D eigenvalue weighted by molar-refractivity contribution is 5.93. The molecule has 0 saturated heterocycles. The summed E-state index contributed by atoms with van der Waals surface area (Å²) < 4.78 is 5.82. The molecule has 3 N–H and O–H groups in total. The second-order valence-corrected chi connectivity index (χ2v) is 8.42. The summed E-state index contributed by atoms with van der Waals surface area (Å²) in [7, 11) is 0. The van der Waals surface area contributed by atoms with E-state index in [1.54, 1.807) is 6.20 Å². The molecule has 0 spiro atoms. The number of nitrogens with one attached hydrogen (secondary N) is 2. The normalized spacial score (nSPS) is 15.3. The van der Waals surface area contributed by atoms with Crippen molar-refractivity contribution in [3.8, 4) is 16.9 Å². The van der Waals surface area contributed by atoms with Gasteiger partial charge in [-0.25, -0.2) is 4.79 Å². The van der Waals surface area contributed by atoms with Gasteiger partial charge >= 0.3 is 5.97 Å². The van der Waals surface area contributed by atoms with Crippen molar-refractivity contribution in [1.29, 1.82) is 0 Å². The Morgan fingerprint density at radius 2 is 2.09 bits per heavy atom. The topological polar surface area (TPSA) is 83.5 Å². The number of benzene rings is 2. The molecule has 2 aromatic carbocycles. The number of nitrogens with zero attached hydrogens (tertiary/aromatic N) is 1. The van der Waals surface area contributed by atoms with E-state index in [4.69, 9.17) is 4.74 Å². The van der Waals surface area contributed by atoms with Crippen LogP contribution in [0.2, 0.25) is 0 Å². The molecule has 0 saturated carbocycles. The first-order valence-corrected chi connectivity index (χ1v) is 11.0. The van der Waals surface area contributed by atoms with Gasteiger partial charge in [0.1, 0.15) is 5.75 Å². The van der Waals surface area contributed by atoms with Crippen molar-refractivity contribution in [1.82, 2.24) is 10.3 Å². The minimum absolute atomic E-state index is 0.0950. The Morgan fingerprint density at radius 1 is 1.25 bits per heavy atom. The second kappa shape index (κ2) is 9.40. The van der Waals surface area contributed by atoms with E-state index in [1.165, 1.54) is 40.1 Å². The lowest BCUT2D eigenvalue weighted by Crippen LogP contribution is -2.34. The van der Waals surface area contributed by atoms with Crippen LogP contribution in [0.1, 0.15) is 46.9 Å². The van der Waals surface area contributed by atoms with E-state index in [9.17, 15) is 9.90 Å². The monoisotopic (exact) mass is 431 g/mol. The molecule has 0 unspecified atom stereocenters. The lowest BCUT2D eigenvalue weighted by molar-refractivity contribution is 0.0697. The van der Waals surface area contributed by atoms with Crippen LogP contribution in [0.3, 0.4) is 0 Å². The molecular weight excluding hydrogens is 402 g/mol. The molecular formula is C26H29N3O3. The molecule has 3 aromatic rings. The molecule has 1 atom stereocenters. The Kier molecular flexibility index (Phi) is 6.42. The standard InChI is InChI=1S/C26H29N3O3/c1-16(2)32-20-5-7-21(17(3)12-20)18-4-6-22-19(13-18)8-11-28-25(22)15-29-24-14-27-10-9-23(24)26(30)31/h4-7,9-10,12-14,16,25,28-29H,8,11,15H2,1-3H3,(H,30,31)/t25-/m0/s1. The number of carboxylic acid groups (broad SMARTS) is 1. The molecule has 1 aromatic heterocycles. The van der Waals surface area contributed by atoms with E-state index in [1.807, 2.05) is 19.9 Å². The van der Waals surface area contributed by atoms with E-state index in [2.05, 4.69) is 52.9 Å². The van der Waals surface area contributed by atoms with Gasteiger partial charge in [0, 0.05) is 18.8 Å². The number of aryl methyl sites for hydroxylation is 1. The summed E-state index contributed by atoms with van der Waals surface area (Å²) in [5, 5.41) is 16.2. The van der Waals surface area contributed by atoms with Crippen molar-refractivity contribution in [2.24, 2.45) is 0 Å². The number of hydrogen-bond acceptors (Lipinski definition) is 5. The highest BCUT2D eigenvalue weighted by atomic mass is 16.5. The quantitative estimate of drug-likeness (QED) is 0.496. The van der Waals surface area contributed by atoms with Crippen LogP contribution >= 0.6 is 0 Å². The zero-order valence-corrected chi connectivity index (χ0v) is 18.7. The Labute approximate surface area is 188 Å². The molecule has 6 heteroatoms. The Morgan fingerprint density at radius 3 is 2.84 bits per heavy atom. The Balaban J connectivity index is 1.54. The van der Waals surface area contributed by atoms with Crippen molar-refractivity contribution < 1.29 is 14.6 Å². The van der Waals surface area contributed by atoms with E-state index in [0.717, 1.165) is 18.7 Å².